The van der Waals surface area contributed by atoms with E-state index in [1.165, 1.54) is 25.7 Å². The number of benzene rings is 1. The summed E-state index contributed by atoms with van der Waals surface area (Å²) in [6.07, 6.45) is 5.06. The number of hydrogen-bond donors (Lipinski definition) is 2. The lowest BCUT2D eigenvalue weighted by Gasteiger charge is -2.26. The number of rotatable bonds is 8. The Balaban J connectivity index is 0.00000320. The van der Waals surface area contributed by atoms with Crippen LogP contribution in [0.25, 0.3) is 0 Å². The zero-order chi connectivity index (χ0) is 20.8. The predicted octanol–water partition coefficient (Wildman–Crippen LogP) is 2.89. The highest BCUT2D eigenvalue weighted by atomic mass is 127. The van der Waals surface area contributed by atoms with E-state index in [-0.39, 0.29) is 42.5 Å². The largest absolute Gasteiger partial charge is 0.493 e. The van der Waals surface area contributed by atoms with E-state index >= 15 is 0 Å². The van der Waals surface area contributed by atoms with Crippen LogP contribution in [0.15, 0.2) is 29.3 Å². The van der Waals surface area contributed by atoms with Crippen LogP contribution in [0.4, 0.5) is 0 Å². The molecule has 8 heteroatoms. The van der Waals surface area contributed by atoms with Gasteiger partial charge in [0.25, 0.3) is 0 Å². The van der Waals surface area contributed by atoms with E-state index < -0.39 is 0 Å². The van der Waals surface area contributed by atoms with Gasteiger partial charge in [0.2, 0.25) is 5.91 Å². The summed E-state index contributed by atoms with van der Waals surface area (Å²) in [7, 11) is 5.13. The zero-order valence-corrected chi connectivity index (χ0v) is 20.7. The summed E-state index contributed by atoms with van der Waals surface area (Å²) in [5.41, 5.74) is 0. The van der Waals surface area contributed by atoms with Crippen molar-refractivity contribution in [2.45, 2.75) is 44.8 Å². The Morgan fingerprint density at radius 3 is 2.57 bits per heavy atom. The molecule has 3 rings (SSSR count). The number of likely N-dealkylation sites (N-methyl/N-ethyl adjacent to an activating group) is 1. The van der Waals surface area contributed by atoms with Crippen molar-refractivity contribution in [3.8, 4) is 11.5 Å². The lowest BCUT2D eigenvalue weighted by molar-refractivity contribution is -0.127. The average Bonchev–Trinajstić information content (AvgIpc) is 3.33. The second-order valence-electron chi connectivity index (χ2n) is 8.34. The number of carbonyl (C=O) groups is 1. The van der Waals surface area contributed by atoms with Gasteiger partial charge >= 0.3 is 0 Å². The number of amides is 1. The Morgan fingerprint density at radius 2 is 1.97 bits per heavy atom. The molecule has 0 aromatic heterocycles. The highest BCUT2D eigenvalue weighted by molar-refractivity contribution is 14.0. The van der Waals surface area contributed by atoms with Crippen LogP contribution < -0.4 is 20.1 Å². The van der Waals surface area contributed by atoms with Gasteiger partial charge in [-0.1, -0.05) is 18.6 Å². The molecule has 2 fully saturated rings. The summed E-state index contributed by atoms with van der Waals surface area (Å²) in [5.74, 6) is 3.66. The van der Waals surface area contributed by atoms with E-state index in [0.717, 1.165) is 11.8 Å². The predicted molar refractivity (Wildman–Crippen MR) is 130 cm³/mol. The Hall–Kier alpha value is -1.71. The number of carbonyl (C=O) groups excluding carboxylic acids is 1. The third-order valence-corrected chi connectivity index (χ3v) is 5.89. The number of ether oxygens (including phenoxy) is 2. The topological polar surface area (TPSA) is 75.2 Å². The molecule has 4 unspecified atom stereocenters. The van der Waals surface area contributed by atoms with Crippen LogP contribution in [0, 0.1) is 11.8 Å². The van der Waals surface area contributed by atoms with Gasteiger partial charge < -0.3 is 25.0 Å². The number of halogens is 1. The molecule has 2 N–H and O–H groups in total. The smallest absolute Gasteiger partial charge is 0.243 e. The molecule has 30 heavy (non-hydrogen) atoms. The van der Waals surface area contributed by atoms with Gasteiger partial charge in [-0.3, -0.25) is 4.79 Å². The first-order valence-electron chi connectivity index (χ1n) is 10.5. The van der Waals surface area contributed by atoms with Crippen molar-refractivity contribution in [2.75, 3.05) is 34.3 Å². The highest BCUT2D eigenvalue weighted by Gasteiger charge is 2.39. The van der Waals surface area contributed by atoms with Crippen LogP contribution in [0.3, 0.4) is 0 Å². The maximum atomic E-state index is 12.0. The van der Waals surface area contributed by atoms with Crippen molar-refractivity contribution in [2.24, 2.45) is 16.8 Å². The molecule has 2 saturated carbocycles. The lowest BCUT2D eigenvalue weighted by Crippen LogP contribution is -2.48. The van der Waals surface area contributed by atoms with Crippen LogP contribution in [0.2, 0.25) is 0 Å². The van der Waals surface area contributed by atoms with Gasteiger partial charge in [-0.25, -0.2) is 4.99 Å². The number of nitrogens with zero attached hydrogens (tertiary/aromatic N) is 2. The molecule has 1 aromatic carbocycles. The fourth-order valence-electron chi connectivity index (χ4n) is 4.25. The van der Waals surface area contributed by atoms with Gasteiger partial charge in [0.1, 0.15) is 12.6 Å². The Kier molecular flexibility index (Phi) is 9.51. The number of aliphatic imine (C=N–C) groups is 1. The summed E-state index contributed by atoms with van der Waals surface area (Å²) < 4.78 is 11.4. The van der Waals surface area contributed by atoms with Gasteiger partial charge in [0, 0.05) is 20.1 Å². The maximum Gasteiger partial charge on any atom is 0.243 e. The molecule has 2 bridgehead atoms. The zero-order valence-electron chi connectivity index (χ0n) is 18.4. The third kappa shape index (κ3) is 6.65. The summed E-state index contributed by atoms with van der Waals surface area (Å²) in [6.45, 7) is 2.70. The van der Waals surface area contributed by atoms with Crippen LogP contribution in [0.1, 0.15) is 32.6 Å². The molecule has 0 radical (unpaired) electrons. The number of hydrogen-bond acceptors (Lipinski definition) is 4. The molecule has 7 nitrogen and oxygen atoms in total. The average molecular weight is 530 g/mol. The van der Waals surface area contributed by atoms with Gasteiger partial charge in [0.15, 0.2) is 17.5 Å². The Labute approximate surface area is 197 Å². The molecular weight excluding hydrogens is 495 g/mol. The molecule has 168 valence electrons. The molecule has 0 saturated heterocycles. The quantitative estimate of drug-likeness (QED) is 0.307. The van der Waals surface area contributed by atoms with Crippen LogP contribution in [0.5, 0.6) is 11.5 Å². The molecule has 0 spiro atoms. The summed E-state index contributed by atoms with van der Waals surface area (Å²) in [6, 6.07) is 8.06. The van der Waals surface area contributed by atoms with Gasteiger partial charge in [-0.15, -0.1) is 24.0 Å². The van der Waals surface area contributed by atoms with E-state index in [9.17, 15) is 4.79 Å². The number of nitrogens with one attached hydrogen (secondary N) is 2. The number of methoxy groups -OCH3 is 1. The van der Waals surface area contributed by atoms with Crippen molar-refractivity contribution in [1.29, 1.82) is 0 Å². The van der Waals surface area contributed by atoms with Crippen molar-refractivity contribution in [1.82, 2.24) is 15.5 Å². The van der Waals surface area contributed by atoms with Crippen LogP contribution in [-0.2, 0) is 4.79 Å². The lowest BCUT2D eigenvalue weighted by atomic mass is 9.95. The standard InChI is InChI=1S/C22H34N4O3.HI/c1-15(29-20-8-6-5-7-19(20)28-4)13-23-22(24-14-21(27)26(2)3)25-18-12-16-9-10-17(18)11-16;/h5-8,15-18H,9-14H2,1-4H3,(H2,23,24,25);1H. The first kappa shape index (κ1) is 24.6. The fraction of sp³-hybridized carbons (Fsp3) is 0.636. The van der Waals surface area contributed by atoms with Crippen molar-refractivity contribution >= 4 is 35.8 Å². The van der Waals surface area contributed by atoms with E-state index in [1.54, 1.807) is 26.1 Å². The number of para-hydroxylation sites is 2. The van der Waals surface area contributed by atoms with Crippen molar-refractivity contribution in [3.63, 3.8) is 0 Å². The van der Waals surface area contributed by atoms with E-state index in [1.807, 2.05) is 31.2 Å². The van der Waals surface area contributed by atoms with E-state index in [0.29, 0.717) is 30.0 Å². The summed E-state index contributed by atoms with van der Waals surface area (Å²) >= 11 is 0. The van der Waals surface area contributed by atoms with Gasteiger partial charge in [-0.2, -0.15) is 0 Å². The molecule has 0 aliphatic heterocycles. The maximum absolute atomic E-state index is 12.0. The molecule has 1 aromatic rings. The van der Waals surface area contributed by atoms with Gasteiger partial charge in [0.05, 0.1) is 13.7 Å². The second kappa shape index (κ2) is 11.6. The summed E-state index contributed by atoms with van der Waals surface area (Å²) in [4.78, 5) is 18.1. The normalized spacial score (nSPS) is 23.3. The van der Waals surface area contributed by atoms with Crippen molar-refractivity contribution in [3.05, 3.63) is 24.3 Å². The number of fused-ring (bicyclic) bond motifs is 2. The van der Waals surface area contributed by atoms with E-state index in [2.05, 4.69) is 15.6 Å². The third-order valence-electron chi connectivity index (χ3n) is 5.89. The second-order valence-corrected chi connectivity index (χ2v) is 8.34. The first-order valence-corrected chi connectivity index (χ1v) is 10.5. The molecule has 1 amide bonds. The minimum absolute atomic E-state index is 0. The SMILES string of the molecule is COc1ccccc1OC(C)CNC(=NCC(=O)N(C)C)NC1CC2CCC1C2.I. The Bertz CT molecular complexity index is 728. The molecule has 2 aliphatic rings. The molecular formula is C22H35IN4O3. The van der Waals surface area contributed by atoms with Crippen LogP contribution >= 0.6 is 24.0 Å². The fourth-order valence-corrected chi connectivity index (χ4v) is 4.25. The molecule has 0 heterocycles. The Morgan fingerprint density at radius 1 is 1.23 bits per heavy atom. The highest BCUT2D eigenvalue weighted by Crippen LogP contribution is 2.44. The minimum atomic E-state index is -0.0946. The van der Waals surface area contributed by atoms with Crippen LogP contribution in [-0.4, -0.2) is 63.2 Å². The monoisotopic (exact) mass is 530 g/mol. The molecule has 2 aliphatic carbocycles. The first-order chi connectivity index (χ1) is 14.0. The minimum Gasteiger partial charge on any atom is -0.493 e. The molecule has 4 atom stereocenters. The van der Waals surface area contributed by atoms with Gasteiger partial charge in [-0.05, 0) is 50.2 Å². The van der Waals surface area contributed by atoms with E-state index in [4.69, 9.17) is 9.47 Å². The summed E-state index contributed by atoms with van der Waals surface area (Å²) in [5, 5.41) is 6.93. The number of guanidine groups is 1. The van der Waals surface area contributed by atoms with Crippen molar-refractivity contribution < 1.29 is 14.3 Å².